The molecule has 0 spiro atoms. The lowest BCUT2D eigenvalue weighted by Gasteiger charge is -2.31. The van der Waals surface area contributed by atoms with Gasteiger partial charge < -0.3 is 14.8 Å². The van der Waals surface area contributed by atoms with Gasteiger partial charge in [-0.25, -0.2) is 9.97 Å². The van der Waals surface area contributed by atoms with Crippen LogP contribution in [0.2, 0.25) is 0 Å². The molecule has 3 heterocycles. The zero-order chi connectivity index (χ0) is 12.5. The molecular formula is C12H16N6. The molecule has 0 amide bonds. The van der Waals surface area contributed by atoms with Crippen molar-refractivity contribution in [2.45, 2.75) is 0 Å². The minimum atomic E-state index is 0.703. The monoisotopic (exact) mass is 244 g/mol. The number of hydrogen-bond donors (Lipinski definition) is 1. The molecule has 1 aliphatic heterocycles. The minimum absolute atomic E-state index is 0.703. The summed E-state index contributed by atoms with van der Waals surface area (Å²) in [7, 11) is 2.14. The summed E-state index contributed by atoms with van der Waals surface area (Å²) in [6, 6.07) is 0. The molecule has 6 heteroatoms. The molecule has 1 aliphatic rings. The van der Waals surface area contributed by atoms with Gasteiger partial charge >= 0.3 is 0 Å². The Balaban J connectivity index is 1.96. The predicted molar refractivity (Wildman–Crippen MR) is 71.5 cm³/mol. The minimum Gasteiger partial charge on any atom is -0.340 e. The Morgan fingerprint density at radius 3 is 2.78 bits per heavy atom. The number of H-pyrrole nitrogens is 1. The first-order valence-electron chi connectivity index (χ1n) is 6.04. The van der Waals surface area contributed by atoms with Crippen LogP contribution < -0.4 is 4.90 Å². The van der Waals surface area contributed by atoms with Crippen molar-refractivity contribution in [2.24, 2.45) is 0 Å². The zero-order valence-electron chi connectivity index (χ0n) is 10.4. The van der Waals surface area contributed by atoms with Crippen LogP contribution in [0.4, 0.5) is 5.95 Å². The van der Waals surface area contributed by atoms with Crippen LogP contribution in [0.15, 0.2) is 12.9 Å². The van der Waals surface area contributed by atoms with E-state index in [0.29, 0.717) is 5.65 Å². The molecule has 1 saturated heterocycles. The Morgan fingerprint density at radius 1 is 1.28 bits per heavy atom. The quantitative estimate of drug-likeness (QED) is 0.844. The molecule has 18 heavy (non-hydrogen) atoms. The molecule has 94 valence electrons. The van der Waals surface area contributed by atoms with E-state index in [2.05, 4.69) is 43.4 Å². The molecule has 0 saturated carbocycles. The second-order valence-electron chi connectivity index (χ2n) is 4.51. The van der Waals surface area contributed by atoms with Crippen LogP contribution in [0, 0.1) is 0 Å². The van der Waals surface area contributed by atoms with Gasteiger partial charge in [-0.05, 0) is 13.1 Å². The van der Waals surface area contributed by atoms with Crippen molar-refractivity contribution in [3.63, 3.8) is 0 Å². The van der Waals surface area contributed by atoms with E-state index in [1.54, 1.807) is 6.08 Å². The van der Waals surface area contributed by atoms with E-state index in [-0.39, 0.29) is 0 Å². The third kappa shape index (κ3) is 1.84. The molecule has 0 aromatic carbocycles. The number of fused-ring (bicyclic) bond motifs is 1. The fourth-order valence-electron chi connectivity index (χ4n) is 2.16. The Labute approximate surface area is 105 Å². The molecule has 0 aliphatic carbocycles. The number of rotatable bonds is 2. The van der Waals surface area contributed by atoms with Gasteiger partial charge in [-0.1, -0.05) is 6.58 Å². The summed E-state index contributed by atoms with van der Waals surface area (Å²) in [5.41, 5.74) is 2.36. The van der Waals surface area contributed by atoms with Crippen molar-refractivity contribution < 1.29 is 0 Å². The van der Waals surface area contributed by atoms with E-state index < -0.39 is 0 Å². The Kier molecular flexibility index (Phi) is 2.71. The number of likely N-dealkylation sites (N-methyl/N-ethyl adjacent to an activating group) is 1. The maximum absolute atomic E-state index is 4.52. The van der Waals surface area contributed by atoms with Crippen LogP contribution in [-0.2, 0) is 0 Å². The largest absolute Gasteiger partial charge is 0.340 e. The Hall–Kier alpha value is -1.95. The number of aromatic nitrogens is 4. The summed E-state index contributed by atoms with van der Waals surface area (Å²) in [4.78, 5) is 20.7. The maximum Gasteiger partial charge on any atom is 0.205 e. The van der Waals surface area contributed by atoms with Crippen molar-refractivity contribution in [1.82, 2.24) is 24.8 Å². The summed E-state index contributed by atoms with van der Waals surface area (Å²) in [5, 5.41) is 0. The van der Waals surface area contributed by atoms with E-state index in [1.165, 1.54) is 6.33 Å². The van der Waals surface area contributed by atoms with Crippen LogP contribution in [0.3, 0.4) is 0 Å². The molecule has 2 aromatic rings. The number of hydrogen-bond acceptors (Lipinski definition) is 5. The van der Waals surface area contributed by atoms with Gasteiger partial charge in [-0.3, -0.25) is 0 Å². The van der Waals surface area contributed by atoms with Crippen LogP contribution in [0.25, 0.3) is 17.2 Å². The summed E-state index contributed by atoms with van der Waals surface area (Å²) in [5.74, 6) is 0.877. The van der Waals surface area contributed by atoms with E-state index in [1.807, 2.05) is 0 Å². The van der Waals surface area contributed by atoms with E-state index in [0.717, 1.165) is 43.3 Å². The summed E-state index contributed by atoms with van der Waals surface area (Å²) in [6.45, 7) is 7.82. The molecule has 0 bridgehead atoms. The van der Waals surface area contributed by atoms with Crippen molar-refractivity contribution in [3.05, 3.63) is 18.6 Å². The van der Waals surface area contributed by atoms with Gasteiger partial charge in [0, 0.05) is 26.2 Å². The van der Waals surface area contributed by atoms with Gasteiger partial charge in [-0.2, -0.15) is 4.98 Å². The average Bonchev–Trinajstić information content (AvgIpc) is 2.83. The fourth-order valence-corrected chi connectivity index (χ4v) is 2.16. The van der Waals surface area contributed by atoms with Crippen molar-refractivity contribution in [1.29, 1.82) is 0 Å². The van der Waals surface area contributed by atoms with Gasteiger partial charge in [-0.15, -0.1) is 0 Å². The molecule has 1 N–H and O–H groups in total. The molecular weight excluding hydrogens is 228 g/mol. The van der Waals surface area contributed by atoms with E-state index >= 15 is 0 Å². The molecule has 1 fully saturated rings. The Morgan fingerprint density at radius 2 is 2.06 bits per heavy atom. The molecule has 2 aromatic heterocycles. The molecule has 6 nitrogen and oxygen atoms in total. The predicted octanol–water partition coefficient (Wildman–Crippen LogP) is 0.748. The van der Waals surface area contributed by atoms with E-state index in [4.69, 9.17) is 0 Å². The SMILES string of the molecule is C=Cc1ncnc2nc(N3CCN(C)CC3)[nH]c12. The molecule has 3 rings (SSSR count). The van der Waals surface area contributed by atoms with Gasteiger partial charge in [0.15, 0.2) is 5.65 Å². The smallest absolute Gasteiger partial charge is 0.205 e. The van der Waals surface area contributed by atoms with Gasteiger partial charge in [0.05, 0.1) is 5.69 Å². The number of aromatic amines is 1. The maximum atomic E-state index is 4.52. The van der Waals surface area contributed by atoms with Crippen LogP contribution in [0.5, 0.6) is 0 Å². The highest BCUT2D eigenvalue weighted by molar-refractivity contribution is 5.81. The molecule has 0 radical (unpaired) electrons. The highest BCUT2D eigenvalue weighted by Gasteiger charge is 2.18. The first-order chi connectivity index (χ1) is 8.78. The lowest BCUT2D eigenvalue weighted by Crippen LogP contribution is -2.44. The number of piperazine rings is 1. The van der Waals surface area contributed by atoms with Crippen LogP contribution >= 0.6 is 0 Å². The lowest BCUT2D eigenvalue weighted by molar-refractivity contribution is 0.311. The highest BCUT2D eigenvalue weighted by Crippen LogP contribution is 2.19. The lowest BCUT2D eigenvalue weighted by atomic mass is 10.3. The number of nitrogens with one attached hydrogen (secondary N) is 1. The van der Waals surface area contributed by atoms with Crippen molar-refractivity contribution in [3.8, 4) is 0 Å². The zero-order valence-corrected chi connectivity index (χ0v) is 10.4. The number of anilines is 1. The van der Waals surface area contributed by atoms with Crippen molar-refractivity contribution >= 4 is 23.2 Å². The third-order valence-electron chi connectivity index (χ3n) is 3.30. The normalized spacial score (nSPS) is 17.3. The third-order valence-corrected chi connectivity index (χ3v) is 3.30. The number of imidazole rings is 1. The fraction of sp³-hybridized carbons (Fsp3) is 0.417. The topological polar surface area (TPSA) is 60.9 Å². The molecule has 0 atom stereocenters. The first-order valence-corrected chi connectivity index (χ1v) is 6.04. The second kappa shape index (κ2) is 4.38. The highest BCUT2D eigenvalue weighted by atomic mass is 15.3. The average molecular weight is 244 g/mol. The Bertz CT molecular complexity index is 567. The van der Waals surface area contributed by atoms with E-state index in [9.17, 15) is 0 Å². The second-order valence-corrected chi connectivity index (χ2v) is 4.51. The summed E-state index contributed by atoms with van der Waals surface area (Å²) < 4.78 is 0. The van der Waals surface area contributed by atoms with Gasteiger partial charge in [0.1, 0.15) is 11.8 Å². The molecule has 0 unspecified atom stereocenters. The van der Waals surface area contributed by atoms with Gasteiger partial charge in [0.2, 0.25) is 5.95 Å². The summed E-state index contributed by atoms with van der Waals surface area (Å²) >= 11 is 0. The van der Waals surface area contributed by atoms with Crippen LogP contribution in [-0.4, -0.2) is 58.1 Å². The standard InChI is InChI=1S/C12H16N6/c1-3-9-10-11(14-8-13-9)16-12(15-10)18-6-4-17(2)5-7-18/h3,8H,1,4-7H2,2H3,(H,13,14,15,16). The van der Waals surface area contributed by atoms with Crippen molar-refractivity contribution in [2.75, 3.05) is 38.1 Å². The van der Waals surface area contributed by atoms with Gasteiger partial charge in [0.25, 0.3) is 0 Å². The first kappa shape index (κ1) is 11.2. The van der Waals surface area contributed by atoms with Crippen LogP contribution in [0.1, 0.15) is 5.69 Å². The summed E-state index contributed by atoms with van der Waals surface area (Å²) in [6.07, 6.45) is 3.24. The number of nitrogens with zero attached hydrogens (tertiary/aromatic N) is 5.